The van der Waals surface area contributed by atoms with Crippen molar-refractivity contribution in [2.24, 2.45) is 0 Å². The molecule has 3 nitrogen and oxygen atoms in total. The standard InChI is InChI=1S/C16H22N2OS2/c1-3-4-10-18-15(19)13-11-8-6-5-7-9-12(11)21-14(13)17-16(18)20-2/h3-10H2,1-2H3. The Morgan fingerprint density at radius 2 is 2.10 bits per heavy atom. The van der Waals surface area contributed by atoms with E-state index in [4.69, 9.17) is 4.98 Å². The molecule has 0 saturated heterocycles. The van der Waals surface area contributed by atoms with Crippen molar-refractivity contribution in [3.63, 3.8) is 0 Å². The summed E-state index contributed by atoms with van der Waals surface area (Å²) in [7, 11) is 0. The van der Waals surface area contributed by atoms with Crippen LogP contribution in [0.3, 0.4) is 0 Å². The van der Waals surface area contributed by atoms with Crippen LogP contribution in [0.25, 0.3) is 10.2 Å². The van der Waals surface area contributed by atoms with Gasteiger partial charge < -0.3 is 0 Å². The van der Waals surface area contributed by atoms with Crippen molar-refractivity contribution in [3.8, 4) is 0 Å². The molecule has 0 N–H and O–H groups in total. The van der Waals surface area contributed by atoms with Gasteiger partial charge in [0.15, 0.2) is 5.16 Å². The van der Waals surface area contributed by atoms with Gasteiger partial charge in [-0.2, -0.15) is 0 Å². The van der Waals surface area contributed by atoms with Gasteiger partial charge in [-0.15, -0.1) is 11.3 Å². The molecule has 0 atom stereocenters. The Balaban J connectivity index is 2.20. The van der Waals surface area contributed by atoms with E-state index in [1.165, 1.54) is 29.7 Å². The van der Waals surface area contributed by atoms with Crippen molar-refractivity contribution < 1.29 is 0 Å². The number of thiophene rings is 1. The summed E-state index contributed by atoms with van der Waals surface area (Å²) in [6.45, 7) is 2.95. The van der Waals surface area contributed by atoms with Crippen LogP contribution in [-0.2, 0) is 19.4 Å². The summed E-state index contributed by atoms with van der Waals surface area (Å²) >= 11 is 3.33. The third kappa shape index (κ3) is 2.78. The molecule has 0 unspecified atom stereocenters. The third-order valence-electron chi connectivity index (χ3n) is 4.21. The molecule has 3 rings (SSSR count). The van der Waals surface area contributed by atoms with Crippen LogP contribution in [0, 0.1) is 0 Å². The van der Waals surface area contributed by atoms with Gasteiger partial charge >= 0.3 is 0 Å². The highest BCUT2D eigenvalue weighted by atomic mass is 32.2. The number of aromatic nitrogens is 2. The molecule has 2 heterocycles. The molecule has 0 saturated carbocycles. The Hall–Kier alpha value is -0.810. The number of hydrogen-bond donors (Lipinski definition) is 0. The molecule has 114 valence electrons. The number of thioether (sulfide) groups is 1. The van der Waals surface area contributed by atoms with Crippen LogP contribution in [0.1, 0.15) is 49.5 Å². The zero-order valence-electron chi connectivity index (χ0n) is 12.8. The molecule has 5 heteroatoms. The number of nitrogens with zero attached hydrogens (tertiary/aromatic N) is 2. The minimum Gasteiger partial charge on any atom is -0.287 e. The summed E-state index contributed by atoms with van der Waals surface area (Å²) in [5, 5.41) is 1.79. The van der Waals surface area contributed by atoms with Gasteiger partial charge in [0.2, 0.25) is 0 Å². The molecule has 2 aromatic heterocycles. The van der Waals surface area contributed by atoms with Crippen molar-refractivity contribution in [2.75, 3.05) is 6.26 Å². The molecule has 21 heavy (non-hydrogen) atoms. The quantitative estimate of drug-likeness (QED) is 0.479. The highest BCUT2D eigenvalue weighted by Crippen LogP contribution is 2.33. The van der Waals surface area contributed by atoms with Crippen molar-refractivity contribution in [2.45, 2.75) is 63.6 Å². The monoisotopic (exact) mass is 322 g/mol. The van der Waals surface area contributed by atoms with E-state index in [1.807, 2.05) is 10.8 Å². The van der Waals surface area contributed by atoms with Gasteiger partial charge in [-0.25, -0.2) is 4.98 Å². The second kappa shape index (κ2) is 6.53. The summed E-state index contributed by atoms with van der Waals surface area (Å²) in [6, 6.07) is 0. The van der Waals surface area contributed by atoms with E-state index >= 15 is 0 Å². The second-order valence-electron chi connectivity index (χ2n) is 5.65. The predicted molar refractivity (Wildman–Crippen MR) is 91.8 cm³/mol. The van der Waals surface area contributed by atoms with Gasteiger partial charge in [0.1, 0.15) is 4.83 Å². The maximum atomic E-state index is 13.0. The lowest BCUT2D eigenvalue weighted by molar-refractivity contribution is 0.558. The van der Waals surface area contributed by atoms with E-state index in [2.05, 4.69) is 6.92 Å². The smallest absolute Gasteiger partial charge is 0.263 e. The average molecular weight is 322 g/mol. The van der Waals surface area contributed by atoms with E-state index in [1.54, 1.807) is 23.1 Å². The number of fused-ring (bicyclic) bond motifs is 3. The molecule has 2 aromatic rings. The van der Waals surface area contributed by atoms with E-state index in [-0.39, 0.29) is 5.56 Å². The molecule has 0 radical (unpaired) electrons. The van der Waals surface area contributed by atoms with Crippen LogP contribution in [-0.4, -0.2) is 15.8 Å². The summed E-state index contributed by atoms with van der Waals surface area (Å²) in [5.41, 5.74) is 1.50. The van der Waals surface area contributed by atoms with Gasteiger partial charge in [-0.05, 0) is 43.9 Å². The van der Waals surface area contributed by atoms with Crippen molar-refractivity contribution in [3.05, 3.63) is 20.8 Å². The summed E-state index contributed by atoms with van der Waals surface area (Å²) in [5.74, 6) is 0. The first kappa shape index (κ1) is 15.1. The Morgan fingerprint density at radius 1 is 1.29 bits per heavy atom. The highest BCUT2D eigenvalue weighted by Gasteiger charge is 2.20. The summed E-state index contributed by atoms with van der Waals surface area (Å²) in [4.78, 5) is 20.1. The molecule has 0 amide bonds. The maximum absolute atomic E-state index is 13.0. The van der Waals surface area contributed by atoms with Gasteiger partial charge in [-0.1, -0.05) is 31.5 Å². The fourth-order valence-corrected chi connectivity index (χ4v) is 4.95. The summed E-state index contributed by atoms with van der Waals surface area (Å²) < 4.78 is 1.90. The minimum atomic E-state index is 0.192. The van der Waals surface area contributed by atoms with E-state index in [0.29, 0.717) is 0 Å². The fraction of sp³-hybridized carbons (Fsp3) is 0.625. The second-order valence-corrected chi connectivity index (χ2v) is 7.51. The normalized spacial score (nSPS) is 15.1. The van der Waals surface area contributed by atoms with Crippen molar-refractivity contribution in [1.82, 2.24) is 9.55 Å². The van der Waals surface area contributed by atoms with Gasteiger partial charge in [0.05, 0.1) is 5.39 Å². The topological polar surface area (TPSA) is 34.9 Å². The van der Waals surface area contributed by atoms with Gasteiger partial charge in [0, 0.05) is 11.4 Å². The molecular formula is C16H22N2OS2. The minimum absolute atomic E-state index is 0.192. The van der Waals surface area contributed by atoms with Crippen LogP contribution in [0.5, 0.6) is 0 Å². The van der Waals surface area contributed by atoms with Crippen molar-refractivity contribution >= 4 is 33.3 Å². The van der Waals surface area contributed by atoms with Crippen molar-refractivity contribution in [1.29, 1.82) is 0 Å². The Labute approximate surface area is 133 Å². The van der Waals surface area contributed by atoms with Gasteiger partial charge in [-0.3, -0.25) is 9.36 Å². The summed E-state index contributed by atoms with van der Waals surface area (Å²) in [6.07, 6.45) is 10.1. The number of unbranched alkanes of at least 4 members (excludes halogenated alkanes) is 1. The first-order valence-electron chi connectivity index (χ1n) is 7.85. The average Bonchev–Trinajstić information content (AvgIpc) is 2.68. The highest BCUT2D eigenvalue weighted by molar-refractivity contribution is 7.98. The lowest BCUT2D eigenvalue weighted by Crippen LogP contribution is -2.23. The fourth-order valence-electron chi connectivity index (χ4n) is 3.07. The molecule has 0 aliphatic heterocycles. The lowest BCUT2D eigenvalue weighted by Gasteiger charge is -2.10. The molecule has 1 aliphatic carbocycles. The largest absolute Gasteiger partial charge is 0.287 e. The van der Waals surface area contributed by atoms with E-state index in [0.717, 1.165) is 47.6 Å². The van der Waals surface area contributed by atoms with Crippen LogP contribution >= 0.6 is 23.1 Å². The first-order valence-corrected chi connectivity index (χ1v) is 9.89. The van der Waals surface area contributed by atoms with E-state index in [9.17, 15) is 4.79 Å². The first-order chi connectivity index (χ1) is 10.3. The van der Waals surface area contributed by atoms with Crippen LogP contribution in [0.15, 0.2) is 9.95 Å². The van der Waals surface area contributed by atoms with E-state index < -0.39 is 0 Å². The SMILES string of the molecule is CCCCn1c(SC)nc2sc3c(c2c1=O)CCCCC3. The third-order valence-corrected chi connectivity index (χ3v) is 6.07. The molecule has 0 aromatic carbocycles. The van der Waals surface area contributed by atoms with Crippen LogP contribution in [0.2, 0.25) is 0 Å². The number of rotatable bonds is 4. The molecular weight excluding hydrogens is 300 g/mol. The molecule has 0 fully saturated rings. The number of hydrogen-bond acceptors (Lipinski definition) is 4. The molecule has 0 spiro atoms. The Bertz CT molecular complexity index is 702. The lowest BCUT2D eigenvalue weighted by atomic mass is 10.1. The molecule has 0 bridgehead atoms. The zero-order valence-corrected chi connectivity index (χ0v) is 14.4. The Morgan fingerprint density at radius 3 is 2.86 bits per heavy atom. The predicted octanol–water partition coefficient (Wildman–Crippen LogP) is 4.25. The zero-order chi connectivity index (χ0) is 14.8. The number of aryl methyl sites for hydroxylation is 2. The Kier molecular flexibility index (Phi) is 4.69. The van der Waals surface area contributed by atoms with Gasteiger partial charge in [0.25, 0.3) is 5.56 Å². The van der Waals surface area contributed by atoms with Crippen LogP contribution < -0.4 is 5.56 Å². The molecule has 1 aliphatic rings. The maximum Gasteiger partial charge on any atom is 0.263 e. The van der Waals surface area contributed by atoms with Crippen LogP contribution in [0.4, 0.5) is 0 Å².